The van der Waals surface area contributed by atoms with Crippen molar-refractivity contribution in [3.63, 3.8) is 0 Å². The van der Waals surface area contributed by atoms with E-state index in [0.717, 1.165) is 37.9 Å². The number of sulfonamides is 1. The van der Waals surface area contributed by atoms with Crippen LogP contribution in [0.15, 0.2) is 29.2 Å². The third-order valence-corrected chi connectivity index (χ3v) is 8.25. The quantitative estimate of drug-likeness (QED) is 0.698. The number of nitrogens with zero attached hydrogens (tertiary/aromatic N) is 1. The van der Waals surface area contributed by atoms with E-state index in [2.05, 4.69) is 10.6 Å². The Morgan fingerprint density at radius 3 is 2.32 bits per heavy atom. The molecule has 2 fully saturated rings. The Kier molecular flexibility index (Phi) is 7.53. The molecular weight excluding hydrogens is 398 g/mol. The molecule has 1 amide bonds. The second-order valence-electron chi connectivity index (χ2n) is 7.76. The van der Waals surface area contributed by atoms with Crippen molar-refractivity contribution in [1.82, 2.24) is 14.9 Å². The molecule has 28 heavy (non-hydrogen) atoms. The van der Waals surface area contributed by atoms with Gasteiger partial charge in [0.2, 0.25) is 15.9 Å². The number of hydrogen-bond acceptors (Lipinski definition) is 4. The standard InChI is InChI=1S/C20H31N3O3S.ClH/c1-4-23(5-2)27(25,26)17-8-6-16(7-9-17)15(3)22-19(24)18-14-20(18)10-12-21-13-11-20;/h6-9,15,18,21H,4-5,10-14H2,1-3H3,(H,22,24);1H. The van der Waals surface area contributed by atoms with Crippen LogP contribution in [0.4, 0.5) is 0 Å². The second-order valence-corrected chi connectivity index (χ2v) is 9.70. The summed E-state index contributed by atoms with van der Waals surface area (Å²) >= 11 is 0. The fourth-order valence-corrected chi connectivity index (χ4v) is 5.69. The number of carbonyl (C=O) groups is 1. The smallest absolute Gasteiger partial charge is 0.243 e. The van der Waals surface area contributed by atoms with E-state index < -0.39 is 10.0 Å². The SMILES string of the molecule is CCN(CC)S(=O)(=O)c1ccc(C(C)NC(=O)C2CC23CCNCC3)cc1.Cl. The molecule has 2 aliphatic rings. The number of benzene rings is 1. The lowest BCUT2D eigenvalue weighted by molar-refractivity contribution is -0.123. The van der Waals surface area contributed by atoms with Crippen molar-refractivity contribution in [2.45, 2.75) is 51.0 Å². The zero-order valence-corrected chi connectivity index (χ0v) is 18.5. The number of piperidine rings is 1. The normalized spacial score (nSPS) is 21.8. The van der Waals surface area contributed by atoms with Crippen LogP contribution >= 0.6 is 12.4 Å². The first-order valence-electron chi connectivity index (χ1n) is 9.95. The van der Waals surface area contributed by atoms with Crippen molar-refractivity contribution in [2.24, 2.45) is 11.3 Å². The van der Waals surface area contributed by atoms with E-state index in [-0.39, 0.29) is 35.7 Å². The summed E-state index contributed by atoms with van der Waals surface area (Å²) in [6, 6.07) is 6.74. The van der Waals surface area contributed by atoms with Crippen LogP contribution < -0.4 is 10.6 Å². The lowest BCUT2D eigenvalue weighted by Gasteiger charge is -2.24. The number of hydrogen-bond donors (Lipinski definition) is 2. The maximum Gasteiger partial charge on any atom is 0.243 e. The molecule has 2 atom stereocenters. The van der Waals surface area contributed by atoms with E-state index in [1.165, 1.54) is 4.31 Å². The number of carbonyl (C=O) groups excluding carboxylic acids is 1. The van der Waals surface area contributed by atoms with E-state index in [1.54, 1.807) is 24.3 Å². The molecule has 1 aromatic rings. The zero-order chi connectivity index (χ0) is 19.7. The molecule has 1 spiro atoms. The third kappa shape index (κ3) is 4.53. The number of nitrogens with one attached hydrogen (secondary N) is 2. The topological polar surface area (TPSA) is 78.5 Å². The first kappa shape index (κ1) is 23.1. The summed E-state index contributed by atoms with van der Waals surface area (Å²) in [5.74, 6) is 0.258. The predicted octanol–water partition coefficient (Wildman–Crippen LogP) is 2.71. The average molecular weight is 430 g/mol. The molecule has 1 aromatic carbocycles. The highest BCUT2D eigenvalue weighted by molar-refractivity contribution is 7.89. The maximum absolute atomic E-state index is 12.6. The minimum Gasteiger partial charge on any atom is -0.349 e. The largest absolute Gasteiger partial charge is 0.349 e. The Morgan fingerprint density at radius 1 is 1.21 bits per heavy atom. The van der Waals surface area contributed by atoms with E-state index in [9.17, 15) is 13.2 Å². The van der Waals surface area contributed by atoms with Gasteiger partial charge in [-0.2, -0.15) is 4.31 Å². The monoisotopic (exact) mass is 429 g/mol. The van der Waals surface area contributed by atoms with Crippen molar-refractivity contribution in [3.8, 4) is 0 Å². The number of rotatable bonds is 7. The first-order chi connectivity index (χ1) is 12.8. The summed E-state index contributed by atoms with van der Waals surface area (Å²) in [5.41, 5.74) is 1.14. The van der Waals surface area contributed by atoms with Gasteiger partial charge in [0, 0.05) is 19.0 Å². The molecule has 1 aliphatic heterocycles. The summed E-state index contributed by atoms with van der Waals surface area (Å²) < 4.78 is 26.6. The lowest BCUT2D eigenvalue weighted by Crippen LogP contribution is -2.34. The van der Waals surface area contributed by atoms with Crippen molar-refractivity contribution >= 4 is 28.3 Å². The van der Waals surface area contributed by atoms with Crippen molar-refractivity contribution in [2.75, 3.05) is 26.2 Å². The van der Waals surface area contributed by atoms with Gasteiger partial charge in [0.05, 0.1) is 10.9 Å². The minimum absolute atomic E-state index is 0. The molecule has 1 saturated heterocycles. The van der Waals surface area contributed by atoms with Gasteiger partial charge in [0.15, 0.2) is 0 Å². The van der Waals surface area contributed by atoms with Gasteiger partial charge in [0.25, 0.3) is 0 Å². The van der Waals surface area contributed by atoms with Crippen LogP contribution in [0.2, 0.25) is 0 Å². The van der Waals surface area contributed by atoms with Gasteiger partial charge >= 0.3 is 0 Å². The molecule has 2 N–H and O–H groups in total. The van der Waals surface area contributed by atoms with E-state index in [1.807, 2.05) is 20.8 Å². The molecule has 8 heteroatoms. The fraction of sp³-hybridized carbons (Fsp3) is 0.650. The van der Waals surface area contributed by atoms with Crippen LogP contribution in [-0.2, 0) is 14.8 Å². The van der Waals surface area contributed by atoms with Crippen LogP contribution in [-0.4, -0.2) is 44.8 Å². The average Bonchev–Trinajstić information content (AvgIpc) is 3.36. The molecule has 1 saturated carbocycles. The summed E-state index contributed by atoms with van der Waals surface area (Å²) in [7, 11) is -3.45. The van der Waals surface area contributed by atoms with Crippen LogP contribution in [0, 0.1) is 11.3 Å². The zero-order valence-electron chi connectivity index (χ0n) is 16.9. The second kappa shape index (κ2) is 9.11. The van der Waals surface area contributed by atoms with Crippen LogP contribution in [0.3, 0.4) is 0 Å². The summed E-state index contributed by atoms with van der Waals surface area (Å²) in [5, 5.41) is 6.47. The molecule has 0 aromatic heterocycles. The number of amides is 1. The van der Waals surface area contributed by atoms with Crippen molar-refractivity contribution < 1.29 is 13.2 Å². The molecule has 6 nitrogen and oxygen atoms in total. The van der Waals surface area contributed by atoms with Crippen molar-refractivity contribution in [3.05, 3.63) is 29.8 Å². The van der Waals surface area contributed by atoms with Gasteiger partial charge in [-0.1, -0.05) is 26.0 Å². The summed E-state index contributed by atoms with van der Waals surface area (Å²) in [6.45, 7) is 8.52. The van der Waals surface area contributed by atoms with Gasteiger partial charge in [-0.15, -0.1) is 12.4 Å². The molecule has 0 radical (unpaired) electrons. The molecule has 2 unspecified atom stereocenters. The van der Waals surface area contributed by atoms with Gasteiger partial charge in [-0.05, 0) is 62.4 Å². The van der Waals surface area contributed by atoms with Crippen LogP contribution in [0.1, 0.15) is 51.6 Å². The fourth-order valence-electron chi connectivity index (χ4n) is 4.23. The molecule has 1 aliphatic carbocycles. The molecule has 158 valence electrons. The maximum atomic E-state index is 12.6. The summed E-state index contributed by atoms with van der Waals surface area (Å²) in [4.78, 5) is 12.9. The van der Waals surface area contributed by atoms with Gasteiger partial charge in [-0.3, -0.25) is 4.79 Å². The Labute approximate surface area is 174 Å². The van der Waals surface area contributed by atoms with E-state index in [4.69, 9.17) is 0 Å². The van der Waals surface area contributed by atoms with Gasteiger partial charge in [-0.25, -0.2) is 8.42 Å². The predicted molar refractivity (Wildman–Crippen MR) is 113 cm³/mol. The Balaban J connectivity index is 0.00000280. The Morgan fingerprint density at radius 2 is 1.79 bits per heavy atom. The highest BCUT2D eigenvalue weighted by Crippen LogP contribution is 2.58. The highest BCUT2D eigenvalue weighted by Gasteiger charge is 2.57. The Hall–Kier alpha value is -1.15. The molecule has 0 bridgehead atoms. The number of halogens is 1. The van der Waals surface area contributed by atoms with Crippen molar-refractivity contribution in [1.29, 1.82) is 0 Å². The molecule has 3 rings (SSSR count). The Bertz CT molecular complexity index is 772. The lowest BCUT2D eigenvalue weighted by atomic mass is 9.91. The van der Waals surface area contributed by atoms with Crippen LogP contribution in [0.5, 0.6) is 0 Å². The molecular formula is C20H32ClN3O3S. The van der Waals surface area contributed by atoms with Gasteiger partial charge in [0.1, 0.15) is 0 Å². The first-order valence-corrected chi connectivity index (χ1v) is 11.4. The summed E-state index contributed by atoms with van der Waals surface area (Å²) in [6.07, 6.45) is 3.16. The highest BCUT2D eigenvalue weighted by atomic mass is 35.5. The van der Waals surface area contributed by atoms with E-state index >= 15 is 0 Å². The van der Waals surface area contributed by atoms with Crippen LogP contribution in [0.25, 0.3) is 0 Å². The molecule has 1 heterocycles. The van der Waals surface area contributed by atoms with E-state index in [0.29, 0.717) is 18.0 Å². The van der Waals surface area contributed by atoms with Gasteiger partial charge < -0.3 is 10.6 Å². The minimum atomic E-state index is -3.45. The third-order valence-electron chi connectivity index (χ3n) is 6.19.